The van der Waals surface area contributed by atoms with Gasteiger partial charge >= 0.3 is 12.1 Å². The van der Waals surface area contributed by atoms with Crippen molar-refractivity contribution >= 4 is 29.5 Å². The molecule has 0 saturated heterocycles. The third-order valence-corrected chi connectivity index (χ3v) is 4.62. The van der Waals surface area contributed by atoms with Crippen LogP contribution in [0.1, 0.15) is 17.2 Å². The second kappa shape index (κ2) is 8.57. The van der Waals surface area contributed by atoms with E-state index in [-0.39, 0.29) is 30.7 Å². The standard InChI is InChI=1S/C21H19N5O5/c27-15(28)11-26-12-22-16-18(26)23-20(24-19(16)29)25-21(30)31-17(13-7-3-1-4-8-13)14-9-5-2-6-10-14/h1-10,17,22H,11-12H2,(H,27,28)(H2,23,24,25,29,30). The van der Waals surface area contributed by atoms with Crippen LogP contribution in [-0.4, -0.2) is 40.4 Å². The Morgan fingerprint density at radius 1 is 1.10 bits per heavy atom. The molecule has 158 valence electrons. The summed E-state index contributed by atoms with van der Waals surface area (Å²) in [4.78, 5) is 43.9. The van der Waals surface area contributed by atoms with Gasteiger partial charge in [-0.15, -0.1) is 0 Å². The number of aromatic amines is 1. The summed E-state index contributed by atoms with van der Waals surface area (Å²) in [7, 11) is 0. The Kier molecular flexibility index (Phi) is 5.52. The number of carbonyl (C=O) groups is 2. The van der Waals surface area contributed by atoms with E-state index in [1.54, 1.807) is 0 Å². The number of fused-ring (bicyclic) bond motifs is 1. The van der Waals surface area contributed by atoms with Crippen LogP contribution in [0.2, 0.25) is 0 Å². The number of benzene rings is 2. The third-order valence-electron chi connectivity index (χ3n) is 4.62. The van der Waals surface area contributed by atoms with Crippen LogP contribution in [0.25, 0.3) is 0 Å². The van der Waals surface area contributed by atoms with Crippen molar-refractivity contribution in [3.8, 4) is 0 Å². The zero-order valence-electron chi connectivity index (χ0n) is 16.2. The largest absolute Gasteiger partial charge is 0.480 e. The van der Waals surface area contributed by atoms with Crippen molar-refractivity contribution in [1.82, 2.24) is 9.97 Å². The molecule has 2 aromatic carbocycles. The summed E-state index contributed by atoms with van der Waals surface area (Å²) in [5.41, 5.74) is 1.16. The molecular weight excluding hydrogens is 402 g/mol. The number of carbonyl (C=O) groups excluding carboxylic acids is 1. The molecule has 1 aliphatic heterocycles. The van der Waals surface area contributed by atoms with Gasteiger partial charge in [0.25, 0.3) is 5.56 Å². The summed E-state index contributed by atoms with van der Waals surface area (Å²) in [5.74, 6) is -1.07. The van der Waals surface area contributed by atoms with Gasteiger partial charge < -0.3 is 20.1 Å². The number of rotatable bonds is 6. The minimum Gasteiger partial charge on any atom is -0.480 e. The molecule has 31 heavy (non-hydrogen) atoms. The second-order valence-electron chi connectivity index (χ2n) is 6.77. The van der Waals surface area contributed by atoms with Gasteiger partial charge in [0.05, 0.1) is 6.67 Å². The number of carboxylic acids is 1. The highest BCUT2D eigenvalue weighted by Crippen LogP contribution is 2.28. The molecule has 2 heterocycles. The van der Waals surface area contributed by atoms with Gasteiger partial charge in [-0.25, -0.2) is 4.79 Å². The lowest BCUT2D eigenvalue weighted by atomic mass is 10.0. The van der Waals surface area contributed by atoms with Gasteiger partial charge in [0.15, 0.2) is 11.9 Å². The first-order valence-corrected chi connectivity index (χ1v) is 9.43. The molecular formula is C21H19N5O5. The number of nitrogens with zero attached hydrogens (tertiary/aromatic N) is 2. The van der Waals surface area contributed by atoms with E-state index >= 15 is 0 Å². The van der Waals surface area contributed by atoms with E-state index in [0.29, 0.717) is 0 Å². The molecule has 4 rings (SSSR count). The number of ether oxygens (including phenoxy) is 1. The van der Waals surface area contributed by atoms with Crippen LogP contribution in [0, 0.1) is 0 Å². The number of nitrogens with one attached hydrogen (secondary N) is 3. The number of aromatic nitrogens is 2. The molecule has 0 unspecified atom stereocenters. The first kappa shape index (κ1) is 20.0. The predicted octanol–water partition coefficient (Wildman–Crippen LogP) is 2.38. The van der Waals surface area contributed by atoms with E-state index in [1.165, 1.54) is 4.90 Å². The maximum atomic E-state index is 12.6. The highest BCUT2D eigenvalue weighted by Gasteiger charge is 2.26. The van der Waals surface area contributed by atoms with E-state index in [9.17, 15) is 14.4 Å². The number of hydrogen-bond donors (Lipinski definition) is 4. The maximum absolute atomic E-state index is 12.6. The Morgan fingerprint density at radius 2 is 1.71 bits per heavy atom. The quantitative estimate of drug-likeness (QED) is 0.476. The molecule has 10 nitrogen and oxygen atoms in total. The molecule has 0 aliphatic carbocycles. The van der Waals surface area contributed by atoms with Crippen molar-refractivity contribution in [3.05, 3.63) is 82.1 Å². The molecule has 0 radical (unpaired) electrons. The van der Waals surface area contributed by atoms with Gasteiger partial charge in [0.2, 0.25) is 5.95 Å². The minimum absolute atomic E-state index is 0.121. The maximum Gasteiger partial charge on any atom is 0.414 e. The summed E-state index contributed by atoms with van der Waals surface area (Å²) >= 11 is 0. The van der Waals surface area contributed by atoms with Crippen LogP contribution in [0.4, 0.5) is 22.2 Å². The van der Waals surface area contributed by atoms with Crippen molar-refractivity contribution < 1.29 is 19.4 Å². The fourth-order valence-electron chi connectivity index (χ4n) is 3.27. The fourth-order valence-corrected chi connectivity index (χ4v) is 3.27. The Hall–Kier alpha value is -4.34. The van der Waals surface area contributed by atoms with Gasteiger partial charge in [0.1, 0.15) is 12.2 Å². The summed E-state index contributed by atoms with van der Waals surface area (Å²) in [6.07, 6.45) is -1.50. The Morgan fingerprint density at radius 3 is 2.29 bits per heavy atom. The molecule has 4 N–H and O–H groups in total. The third kappa shape index (κ3) is 4.47. The fraction of sp³-hybridized carbons (Fsp3) is 0.143. The molecule has 1 amide bonds. The molecule has 3 aromatic rings. The van der Waals surface area contributed by atoms with Crippen molar-refractivity contribution in [3.63, 3.8) is 0 Å². The summed E-state index contributed by atoms with van der Waals surface area (Å²) in [6, 6.07) is 18.5. The molecule has 0 saturated carbocycles. The average molecular weight is 421 g/mol. The second-order valence-corrected chi connectivity index (χ2v) is 6.77. The molecule has 0 spiro atoms. The molecule has 0 fully saturated rings. The number of anilines is 3. The van der Waals surface area contributed by atoms with Crippen LogP contribution < -0.4 is 21.1 Å². The van der Waals surface area contributed by atoms with E-state index in [0.717, 1.165) is 11.1 Å². The monoisotopic (exact) mass is 421 g/mol. The lowest BCUT2D eigenvalue weighted by Crippen LogP contribution is -2.30. The number of H-pyrrole nitrogens is 1. The van der Waals surface area contributed by atoms with Crippen molar-refractivity contribution in [2.45, 2.75) is 6.10 Å². The van der Waals surface area contributed by atoms with E-state index in [4.69, 9.17) is 9.84 Å². The Balaban J connectivity index is 1.56. The van der Waals surface area contributed by atoms with Gasteiger partial charge in [-0.2, -0.15) is 4.98 Å². The number of hydrogen-bond acceptors (Lipinski definition) is 7. The summed E-state index contributed by atoms with van der Waals surface area (Å²) in [5, 5.41) is 14.2. The van der Waals surface area contributed by atoms with Crippen LogP contribution in [-0.2, 0) is 9.53 Å². The SMILES string of the molecule is O=C(O)CN1CNc2c1nc(NC(=O)OC(c1ccccc1)c1ccccc1)[nH]c2=O. The van der Waals surface area contributed by atoms with Crippen molar-refractivity contribution in [1.29, 1.82) is 0 Å². The molecule has 1 aromatic heterocycles. The zero-order chi connectivity index (χ0) is 21.8. The van der Waals surface area contributed by atoms with Crippen LogP contribution >= 0.6 is 0 Å². The van der Waals surface area contributed by atoms with E-state index in [2.05, 4.69) is 20.6 Å². The topological polar surface area (TPSA) is 137 Å². The minimum atomic E-state index is -1.07. The highest BCUT2D eigenvalue weighted by molar-refractivity contribution is 5.84. The number of amides is 1. The van der Waals surface area contributed by atoms with Gasteiger partial charge in [-0.05, 0) is 11.1 Å². The first-order valence-electron chi connectivity index (χ1n) is 9.43. The van der Waals surface area contributed by atoms with Crippen LogP contribution in [0.15, 0.2) is 65.5 Å². The Bertz CT molecular complexity index is 1110. The predicted molar refractivity (Wildman–Crippen MR) is 113 cm³/mol. The summed E-state index contributed by atoms with van der Waals surface area (Å²) < 4.78 is 5.64. The van der Waals surface area contributed by atoms with Crippen LogP contribution in [0.3, 0.4) is 0 Å². The number of aliphatic carboxylic acids is 1. The van der Waals surface area contributed by atoms with Gasteiger partial charge in [-0.1, -0.05) is 60.7 Å². The number of carboxylic acid groups (broad SMARTS) is 1. The Labute approximate surface area is 176 Å². The van der Waals surface area contributed by atoms with Crippen molar-refractivity contribution in [2.24, 2.45) is 0 Å². The lowest BCUT2D eigenvalue weighted by Gasteiger charge is -2.19. The van der Waals surface area contributed by atoms with E-state index in [1.807, 2.05) is 60.7 Å². The van der Waals surface area contributed by atoms with Gasteiger partial charge in [-0.3, -0.25) is 19.9 Å². The van der Waals surface area contributed by atoms with Gasteiger partial charge in [0, 0.05) is 0 Å². The van der Waals surface area contributed by atoms with Crippen molar-refractivity contribution in [2.75, 3.05) is 28.7 Å². The normalized spacial score (nSPS) is 12.2. The first-order chi connectivity index (χ1) is 15.0. The molecule has 1 aliphatic rings. The smallest absolute Gasteiger partial charge is 0.414 e. The molecule has 0 atom stereocenters. The van der Waals surface area contributed by atoms with Crippen LogP contribution in [0.5, 0.6) is 0 Å². The lowest BCUT2D eigenvalue weighted by molar-refractivity contribution is -0.135. The van der Waals surface area contributed by atoms with E-state index < -0.39 is 23.7 Å². The highest BCUT2D eigenvalue weighted by atomic mass is 16.6. The summed E-state index contributed by atoms with van der Waals surface area (Å²) in [6.45, 7) is -0.222. The zero-order valence-corrected chi connectivity index (χ0v) is 16.2. The molecule has 10 heteroatoms. The molecule has 0 bridgehead atoms. The average Bonchev–Trinajstić information content (AvgIpc) is 3.16.